The molecule has 0 aliphatic carbocycles. The van der Waals surface area contributed by atoms with E-state index in [-0.39, 0.29) is 0 Å². The Hall–Kier alpha value is -0.980. The van der Waals surface area contributed by atoms with Crippen LogP contribution in [0.3, 0.4) is 0 Å². The summed E-state index contributed by atoms with van der Waals surface area (Å²) in [5, 5.41) is -0.596. The molecule has 0 bridgehead atoms. The molecular formula is C10H17N3O2S. The molecule has 2 atom stereocenters. The predicted molar refractivity (Wildman–Crippen MR) is 63.3 cm³/mol. The number of aromatic nitrogens is 1. The molecule has 0 aliphatic heterocycles. The first-order chi connectivity index (χ1) is 7.36. The quantitative estimate of drug-likeness (QED) is 0.588. The van der Waals surface area contributed by atoms with Crippen LogP contribution in [0.15, 0.2) is 18.5 Å². The first-order valence-corrected chi connectivity index (χ1v) is 6.88. The van der Waals surface area contributed by atoms with Gasteiger partial charge in [0.05, 0.1) is 11.3 Å². The second-order valence-corrected chi connectivity index (χ2v) is 6.38. The summed E-state index contributed by atoms with van der Waals surface area (Å²) in [7, 11) is -3.15. The van der Waals surface area contributed by atoms with Crippen LogP contribution >= 0.6 is 0 Å². The first kappa shape index (κ1) is 13.1. The SMILES string of the molecule is Cc1cncc(C(NN)C(C)S(C)(=O)=O)c1. The summed E-state index contributed by atoms with van der Waals surface area (Å²) in [5.41, 5.74) is 4.28. The van der Waals surface area contributed by atoms with Crippen molar-refractivity contribution in [3.05, 3.63) is 29.6 Å². The fraction of sp³-hybridized carbons (Fsp3) is 0.500. The second kappa shape index (κ2) is 4.90. The first-order valence-electron chi connectivity index (χ1n) is 4.93. The standard InChI is InChI=1S/C10H17N3O2S/c1-7-4-9(6-12-5-7)10(13-11)8(2)16(3,14)15/h4-6,8,10,13H,11H2,1-3H3. The molecule has 3 N–H and O–H groups in total. The number of pyridine rings is 1. The van der Waals surface area contributed by atoms with E-state index in [1.54, 1.807) is 19.3 Å². The summed E-state index contributed by atoms with van der Waals surface area (Å²) >= 11 is 0. The van der Waals surface area contributed by atoms with Crippen molar-refractivity contribution in [2.24, 2.45) is 5.84 Å². The molecule has 5 nitrogen and oxygen atoms in total. The highest BCUT2D eigenvalue weighted by atomic mass is 32.2. The number of hydrogen-bond acceptors (Lipinski definition) is 5. The topological polar surface area (TPSA) is 85.1 Å². The Morgan fingerprint density at radius 2 is 2.06 bits per heavy atom. The van der Waals surface area contributed by atoms with Gasteiger partial charge in [-0.15, -0.1) is 0 Å². The van der Waals surface area contributed by atoms with Crippen molar-refractivity contribution < 1.29 is 8.42 Å². The molecule has 0 saturated carbocycles. The van der Waals surface area contributed by atoms with Crippen LogP contribution in [0.2, 0.25) is 0 Å². The highest BCUT2D eigenvalue weighted by molar-refractivity contribution is 7.91. The van der Waals surface area contributed by atoms with Gasteiger partial charge in [0.1, 0.15) is 0 Å². The minimum atomic E-state index is -3.15. The zero-order valence-electron chi connectivity index (χ0n) is 9.64. The van der Waals surface area contributed by atoms with Crippen LogP contribution in [0.4, 0.5) is 0 Å². The third-order valence-electron chi connectivity index (χ3n) is 2.58. The largest absolute Gasteiger partial charge is 0.271 e. The Morgan fingerprint density at radius 3 is 2.50 bits per heavy atom. The lowest BCUT2D eigenvalue weighted by atomic mass is 10.1. The van der Waals surface area contributed by atoms with Crippen molar-refractivity contribution >= 4 is 9.84 Å². The Bertz CT molecular complexity index is 459. The van der Waals surface area contributed by atoms with Crippen molar-refractivity contribution in [1.82, 2.24) is 10.4 Å². The lowest BCUT2D eigenvalue weighted by Gasteiger charge is -2.22. The fourth-order valence-corrected chi connectivity index (χ4v) is 2.23. The maximum Gasteiger partial charge on any atom is 0.151 e. The van der Waals surface area contributed by atoms with Gasteiger partial charge in [-0.1, -0.05) is 6.07 Å². The molecule has 1 heterocycles. The Morgan fingerprint density at radius 1 is 1.44 bits per heavy atom. The summed E-state index contributed by atoms with van der Waals surface area (Å²) in [6, 6.07) is 1.43. The normalized spacial score (nSPS) is 15.8. The van der Waals surface area contributed by atoms with Crippen molar-refractivity contribution in [1.29, 1.82) is 0 Å². The summed E-state index contributed by atoms with van der Waals surface area (Å²) in [6.07, 6.45) is 4.53. The predicted octanol–water partition coefficient (Wildman–Crippen LogP) is 0.328. The average molecular weight is 243 g/mol. The van der Waals surface area contributed by atoms with Crippen molar-refractivity contribution in [2.45, 2.75) is 25.1 Å². The maximum absolute atomic E-state index is 11.5. The molecule has 0 fully saturated rings. The van der Waals surface area contributed by atoms with Gasteiger partial charge in [0, 0.05) is 18.6 Å². The van der Waals surface area contributed by atoms with E-state index in [2.05, 4.69) is 10.4 Å². The number of hydrazine groups is 1. The van der Waals surface area contributed by atoms with Crippen LogP contribution in [0.25, 0.3) is 0 Å². The molecule has 6 heteroatoms. The van der Waals surface area contributed by atoms with E-state index in [4.69, 9.17) is 5.84 Å². The van der Waals surface area contributed by atoms with Crippen LogP contribution in [0.5, 0.6) is 0 Å². The Balaban J connectivity index is 3.08. The van der Waals surface area contributed by atoms with Gasteiger partial charge >= 0.3 is 0 Å². The van der Waals surface area contributed by atoms with Gasteiger partial charge in [-0.2, -0.15) is 0 Å². The van der Waals surface area contributed by atoms with Gasteiger partial charge in [0.25, 0.3) is 0 Å². The van der Waals surface area contributed by atoms with Crippen LogP contribution < -0.4 is 11.3 Å². The molecular weight excluding hydrogens is 226 g/mol. The molecule has 90 valence electrons. The molecule has 1 aromatic rings. The third kappa shape index (κ3) is 3.01. The van der Waals surface area contributed by atoms with Crippen LogP contribution in [0.1, 0.15) is 24.1 Å². The maximum atomic E-state index is 11.5. The lowest BCUT2D eigenvalue weighted by Crippen LogP contribution is -2.38. The van der Waals surface area contributed by atoms with Crippen LogP contribution in [0, 0.1) is 6.92 Å². The smallest absolute Gasteiger partial charge is 0.151 e. The van der Waals surface area contributed by atoms with Crippen LogP contribution in [-0.4, -0.2) is 24.9 Å². The molecule has 0 radical (unpaired) electrons. The molecule has 0 spiro atoms. The van der Waals surface area contributed by atoms with Gasteiger partial charge in [0.15, 0.2) is 9.84 Å². The number of sulfone groups is 1. The molecule has 0 aromatic carbocycles. The van der Waals surface area contributed by atoms with E-state index in [1.165, 1.54) is 6.26 Å². The van der Waals surface area contributed by atoms with Gasteiger partial charge < -0.3 is 0 Å². The zero-order chi connectivity index (χ0) is 12.3. The summed E-state index contributed by atoms with van der Waals surface area (Å²) in [6.45, 7) is 3.53. The third-order valence-corrected chi connectivity index (χ3v) is 4.20. The highest BCUT2D eigenvalue weighted by Gasteiger charge is 2.26. The molecule has 16 heavy (non-hydrogen) atoms. The zero-order valence-corrected chi connectivity index (χ0v) is 10.5. The van der Waals surface area contributed by atoms with E-state index in [9.17, 15) is 8.42 Å². The molecule has 1 aromatic heterocycles. The van der Waals surface area contributed by atoms with E-state index < -0.39 is 21.1 Å². The number of rotatable bonds is 4. The van der Waals surface area contributed by atoms with Gasteiger partial charge in [-0.25, -0.2) is 8.42 Å². The minimum Gasteiger partial charge on any atom is -0.271 e. The molecule has 2 unspecified atom stereocenters. The monoisotopic (exact) mass is 243 g/mol. The van der Waals surface area contributed by atoms with Crippen molar-refractivity contribution in [2.75, 3.05) is 6.26 Å². The highest BCUT2D eigenvalue weighted by Crippen LogP contribution is 2.20. The summed E-state index contributed by atoms with van der Waals surface area (Å²) in [4.78, 5) is 4.03. The Kier molecular flexibility index (Phi) is 4.01. The molecule has 0 aliphatic rings. The van der Waals surface area contributed by atoms with E-state index in [0.29, 0.717) is 0 Å². The van der Waals surface area contributed by atoms with E-state index in [0.717, 1.165) is 11.1 Å². The number of nitrogens with zero attached hydrogens (tertiary/aromatic N) is 1. The van der Waals surface area contributed by atoms with E-state index in [1.807, 2.05) is 13.0 Å². The van der Waals surface area contributed by atoms with Crippen LogP contribution in [-0.2, 0) is 9.84 Å². The van der Waals surface area contributed by atoms with Gasteiger partial charge in [0.2, 0.25) is 0 Å². The number of nitrogens with one attached hydrogen (secondary N) is 1. The molecule has 0 amide bonds. The Labute approximate surface area is 96.0 Å². The van der Waals surface area contributed by atoms with Crippen molar-refractivity contribution in [3.63, 3.8) is 0 Å². The fourth-order valence-electron chi connectivity index (χ4n) is 1.50. The summed E-state index contributed by atoms with van der Waals surface area (Å²) < 4.78 is 22.9. The second-order valence-electron chi connectivity index (χ2n) is 3.97. The van der Waals surface area contributed by atoms with Gasteiger partial charge in [-0.3, -0.25) is 16.3 Å². The average Bonchev–Trinajstić information content (AvgIpc) is 2.17. The van der Waals surface area contributed by atoms with Gasteiger partial charge in [-0.05, 0) is 25.0 Å². The number of hydrogen-bond donors (Lipinski definition) is 2. The number of nitrogens with two attached hydrogens (primary N) is 1. The molecule has 1 rings (SSSR count). The molecule has 0 saturated heterocycles. The minimum absolute atomic E-state index is 0.442. The lowest BCUT2D eigenvalue weighted by molar-refractivity contribution is 0.512. The van der Waals surface area contributed by atoms with Crippen molar-refractivity contribution in [3.8, 4) is 0 Å². The summed E-state index contributed by atoms with van der Waals surface area (Å²) in [5.74, 6) is 5.41. The number of aryl methyl sites for hydroxylation is 1. The van der Waals surface area contributed by atoms with E-state index >= 15 is 0 Å².